The Bertz CT molecular complexity index is 285. The zero-order valence-electron chi connectivity index (χ0n) is 10.0. The van der Waals surface area contributed by atoms with Gasteiger partial charge >= 0.3 is 5.97 Å². The quantitative estimate of drug-likeness (QED) is 0.764. The lowest BCUT2D eigenvalue weighted by atomic mass is 9.68. The van der Waals surface area contributed by atoms with Crippen LogP contribution >= 0.6 is 0 Å². The molecule has 4 nitrogen and oxygen atoms in total. The first-order chi connectivity index (χ1) is 7.36. The van der Waals surface area contributed by atoms with Crippen LogP contribution in [-0.2, 0) is 9.59 Å². The van der Waals surface area contributed by atoms with E-state index in [0.717, 1.165) is 12.8 Å². The highest BCUT2D eigenvalue weighted by Crippen LogP contribution is 2.36. The predicted molar refractivity (Wildman–Crippen MR) is 58.9 cm³/mol. The van der Waals surface area contributed by atoms with Crippen molar-refractivity contribution in [1.82, 2.24) is 0 Å². The standard InChI is InChI=1S/C12H20O4/c1-6(2)8-5-4-7(3)9(10(8)13)11(14)12(15)16/h6-9,11,14H,4-5H2,1-3H3,(H,15,16)/t7-,8-,9+,11?/m1/s1. The molecule has 4 atom stereocenters. The van der Waals surface area contributed by atoms with Crippen molar-refractivity contribution in [2.45, 2.75) is 39.7 Å². The predicted octanol–water partition coefficient (Wildman–Crippen LogP) is 1.32. The number of Topliss-reactive ketones (excluding diaryl/α,β-unsaturated/α-hetero) is 1. The van der Waals surface area contributed by atoms with Gasteiger partial charge in [0.25, 0.3) is 0 Å². The number of carboxylic acids is 1. The first kappa shape index (κ1) is 13.2. The highest BCUT2D eigenvalue weighted by atomic mass is 16.4. The van der Waals surface area contributed by atoms with Crippen molar-refractivity contribution in [3.8, 4) is 0 Å². The van der Waals surface area contributed by atoms with Gasteiger partial charge < -0.3 is 10.2 Å². The molecule has 0 saturated heterocycles. The normalized spacial score (nSPS) is 32.8. The number of ketones is 1. The fraction of sp³-hybridized carbons (Fsp3) is 0.833. The molecule has 1 aliphatic rings. The number of aliphatic carboxylic acids is 1. The largest absolute Gasteiger partial charge is 0.479 e. The molecule has 1 fully saturated rings. The Morgan fingerprint density at radius 3 is 2.38 bits per heavy atom. The molecule has 16 heavy (non-hydrogen) atoms. The van der Waals surface area contributed by atoms with Crippen molar-refractivity contribution in [3.63, 3.8) is 0 Å². The van der Waals surface area contributed by atoms with Gasteiger partial charge in [-0.3, -0.25) is 4.79 Å². The van der Waals surface area contributed by atoms with E-state index in [0.29, 0.717) is 0 Å². The van der Waals surface area contributed by atoms with Crippen LogP contribution in [0.1, 0.15) is 33.6 Å². The molecule has 0 amide bonds. The molecule has 1 rings (SSSR count). The van der Waals surface area contributed by atoms with Crippen molar-refractivity contribution in [2.24, 2.45) is 23.7 Å². The van der Waals surface area contributed by atoms with Crippen molar-refractivity contribution in [2.75, 3.05) is 0 Å². The van der Waals surface area contributed by atoms with Gasteiger partial charge in [0, 0.05) is 5.92 Å². The van der Waals surface area contributed by atoms with Crippen LogP contribution in [0.2, 0.25) is 0 Å². The molecule has 0 bridgehead atoms. The molecular formula is C12H20O4. The minimum Gasteiger partial charge on any atom is -0.479 e. The molecule has 4 heteroatoms. The molecule has 0 radical (unpaired) electrons. The van der Waals surface area contributed by atoms with Gasteiger partial charge in [0.05, 0.1) is 5.92 Å². The fourth-order valence-electron chi connectivity index (χ4n) is 2.57. The van der Waals surface area contributed by atoms with Gasteiger partial charge in [0.1, 0.15) is 5.78 Å². The molecule has 0 aliphatic heterocycles. The van der Waals surface area contributed by atoms with E-state index in [1.807, 2.05) is 20.8 Å². The first-order valence-electron chi connectivity index (χ1n) is 5.80. The maximum Gasteiger partial charge on any atom is 0.333 e. The fourth-order valence-corrected chi connectivity index (χ4v) is 2.57. The summed E-state index contributed by atoms with van der Waals surface area (Å²) in [4.78, 5) is 22.9. The van der Waals surface area contributed by atoms with Crippen LogP contribution in [0.4, 0.5) is 0 Å². The summed E-state index contributed by atoms with van der Waals surface area (Å²) in [5.41, 5.74) is 0. The van der Waals surface area contributed by atoms with E-state index in [1.165, 1.54) is 0 Å². The number of aliphatic hydroxyl groups is 1. The highest BCUT2D eigenvalue weighted by molar-refractivity contribution is 5.89. The van der Waals surface area contributed by atoms with Crippen molar-refractivity contribution < 1.29 is 19.8 Å². The Morgan fingerprint density at radius 2 is 1.94 bits per heavy atom. The van der Waals surface area contributed by atoms with Gasteiger partial charge in [0.15, 0.2) is 6.10 Å². The molecule has 1 saturated carbocycles. The first-order valence-corrected chi connectivity index (χ1v) is 5.80. The summed E-state index contributed by atoms with van der Waals surface area (Å²) in [5.74, 6) is -2.05. The third-order valence-corrected chi connectivity index (χ3v) is 3.64. The van der Waals surface area contributed by atoms with E-state index in [-0.39, 0.29) is 23.5 Å². The van der Waals surface area contributed by atoms with Crippen molar-refractivity contribution >= 4 is 11.8 Å². The molecular weight excluding hydrogens is 208 g/mol. The smallest absolute Gasteiger partial charge is 0.333 e. The summed E-state index contributed by atoms with van der Waals surface area (Å²) < 4.78 is 0. The van der Waals surface area contributed by atoms with Crippen molar-refractivity contribution in [3.05, 3.63) is 0 Å². The second-order valence-electron chi connectivity index (χ2n) is 5.12. The summed E-state index contributed by atoms with van der Waals surface area (Å²) in [6.07, 6.45) is 0.0634. The van der Waals surface area contributed by atoms with Crippen LogP contribution in [0.3, 0.4) is 0 Å². The van der Waals surface area contributed by atoms with Crippen LogP contribution in [0.25, 0.3) is 0 Å². The summed E-state index contributed by atoms with van der Waals surface area (Å²) >= 11 is 0. The molecule has 0 spiro atoms. The summed E-state index contributed by atoms with van der Waals surface area (Å²) in [5, 5.41) is 18.4. The van der Waals surface area contributed by atoms with E-state index in [1.54, 1.807) is 0 Å². The van der Waals surface area contributed by atoms with Crippen molar-refractivity contribution in [1.29, 1.82) is 0 Å². The minimum atomic E-state index is -1.55. The Kier molecular flexibility index (Phi) is 4.08. The molecule has 1 aliphatic carbocycles. The molecule has 0 aromatic carbocycles. The lowest BCUT2D eigenvalue weighted by Gasteiger charge is -2.35. The number of carbonyl (C=O) groups excluding carboxylic acids is 1. The molecule has 0 heterocycles. The maximum absolute atomic E-state index is 12.1. The number of carbonyl (C=O) groups is 2. The zero-order valence-corrected chi connectivity index (χ0v) is 10.0. The third-order valence-electron chi connectivity index (χ3n) is 3.64. The lowest BCUT2D eigenvalue weighted by molar-refractivity contribution is -0.158. The highest BCUT2D eigenvalue weighted by Gasteiger charge is 2.43. The van der Waals surface area contributed by atoms with Gasteiger partial charge in [-0.25, -0.2) is 4.79 Å². The van der Waals surface area contributed by atoms with Gasteiger partial charge in [-0.2, -0.15) is 0 Å². The summed E-state index contributed by atoms with van der Waals surface area (Å²) in [6.45, 7) is 5.76. The number of hydrogen-bond donors (Lipinski definition) is 2. The van der Waals surface area contributed by atoms with E-state index in [9.17, 15) is 14.7 Å². The maximum atomic E-state index is 12.1. The number of carboxylic acid groups (broad SMARTS) is 1. The van der Waals surface area contributed by atoms with Crippen LogP contribution in [0, 0.1) is 23.7 Å². The summed E-state index contributed by atoms with van der Waals surface area (Å²) in [7, 11) is 0. The monoisotopic (exact) mass is 228 g/mol. The Morgan fingerprint density at radius 1 is 1.38 bits per heavy atom. The number of rotatable bonds is 3. The molecule has 2 N–H and O–H groups in total. The zero-order chi connectivity index (χ0) is 12.5. The third kappa shape index (κ3) is 2.43. The van der Waals surface area contributed by atoms with Crippen LogP contribution in [0.15, 0.2) is 0 Å². The summed E-state index contributed by atoms with van der Waals surface area (Å²) in [6, 6.07) is 0. The van der Waals surface area contributed by atoms with Crippen LogP contribution < -0.4 is 0 Å². The SMILES string of the molecule is CC(C)[C@H]1CC[C@@H](C)[C@H](C(O)C(=O)O)C1=O. The lowest BCUT2D eigenvalue weighted by Crippen LogP contribution is -2.45. The number of aliphatic hydroxyl groups excluding tert-OH is 1. The van der Waals surface area contributed by atoms with Gasteiger partial charge in [-0.1, -0.05) is 20.8 Å². The Labute approximate surface area is 95.7 Å². The van der Waals surface area contributed by atoms with E-state index < -0.39 is 18.0 Å². The molecule has 0 aromatic rings. The van der Waals surface area contributed by atoms with E-state index in [4.69, 9.17) is 5.11 Å². The second kappa shape index (κ2) is 4.95. The minimum absolute atomic E-state index is 0.0476. The van der Waals surface area contributed by atoms with Gasteiger partial charge in [0.2, 0.25) is 0 Å². The van der Waals surface area contributed by atoms with Gasteiger partial charge in [-0.05, 0) is 24.7 Å². The average Bonchev–Trinajstić information content (AvgIpc) is 2.16. The van der Waals surface area contributed by atoms with E-state index >= 15 is 0 Å². The topological polar surface area (TPSA) is 74.6 Å². The molecule has 1 unspecified atom stereocenters. The number of hydrogen-bond acceptors (Lipinski definition) is 3. The second-order valence-corrected chi connectivity index (χ2v) is 5.12. The molecule has 92 valence electrons. The average molecular weight is 228 g/mol. The Hall–Kier alpha value is -0.900. The van der Waals surface area contributed by atoms with Gasteiger partial charge in [-0.15, -0.1) is 0 Å². The molecule has 0 aromatic heterocycles. The van der Waals surface area contributed by atoms with E-state index in [2.05, 4.69) is 0 Å². The Balaban J connectivity index is 2.88. The van der Waals surface area contributed by atoms with Crippen LogP contribution in [-0.4, -0.2) is 28.1 Å². The van der Waals surface area contributed by atoms with Crippen LogP contribution in [0.5, 0.6) is 0 Å².